The van der Waals surface area contributed by atoms with Gasteiger partial charge in [-0.15, -0.1) is 11.3 Å². The fraction of sp³-hybridized carbons (Fsp3) is 0.273. The SMILES string of the molecule is CCOC(=O)c1sc(N(Cc2ccccc2)C(=O)CCNC(=O)c2cccs2)nc1C. The number of nitrogens with one attached hydrogen (secondary N) is 1. The highest BCUT2D eigenvalue weighted by atomic mass is 32.1. The van der Waals surface area contributed by atoms with Gasteiger partial charge in [0.05, 0.1) is 23.7 Å². The van der Waals surface area contributed by atoms with Crippen LogP contribution in [0.5, 0.6) is 0 Å². The molecule has 0 bridgehead atoms. The molecule has 0 aliphatic heterocycles. The van der Waals surface area contributed by atoms with Gasteiger partial charge in [-0.25, -0.2) is 9.78 Å². The number of hydrogen-bond donors (Lipinski definition) is 1. The van der Waals surface area contributed by atoms with Crippen LogP contribution in [0.3, 0.4) is 0 Å². The Hall–Kier alpha value is -3.04. The molecule has 31 heavy (non-hydrogen) atoms. The van der Waals surface area contributed by atoms with Gasteiger partial charge in [0.15, 0.2) is 5.13 Å². The van der Waals surface area contributed by atoms with E-state index in [9.17, 15) is 14.4 Å². The molecule has 0 aliphatic carbocycles. The lowest BCUT2D eigenvalue weighted by molar-refractivity contribution is -0.118. The summed E-state index contributed by atoms with van der Waals surface area (Å²) in [7, 11) is 0. The first kappa shape index (κ1) is 22.6. The number of anilines is 1. The zero-order chi connectivity index (χ0) is 22.2. The summed E-state index contributed by atoms with van der Waals surface area (Å²) in [4.78, 5) is 44.3. The molecule has 2 aromatic heterocycles. The van der Waals surface area contributed by atoms with Gasteiger partial charge in [0.25, 0.3) is 5.91 Å². The maximum atomic E-state index is 13.1. The highest BCUT2D eigenvalue weighted by molar-refractivity contribution is 7.17. The minimum absolute atomic E-state index is 0.108. The van der Waals surface area contributed by atoms with E-state index in [1.165, 1.54) is 11.3 Å². The van der Waals surface area contributed by atoms with Crippen molar-refractivity contribution in [3.05, 3.63) is 68.9 Å². The first-order chi connectivity index (χ1) is 15.0. The van der Waals surface area contributed by atoms with E-state index in [0.717, 1.165) is 16.9 Å². The standard InChI is InChI=1S/C22H23N3O4S2/c1-3-29-21(28)19-15(2)24-22(31-19)25(14-16-8-5-4-6-9-16)18(26)11-12-23-20(27)17-10-7-13-30-17/h4-10,13H,3,11-12,14H2,1-2H3,(H,23,27). The number of thiophene rings is 1. The molecular weight excluding hydrogens is 434 g/mol. The van der Waals surface area contributed by atoms with Crippen molar-refractivity contribution in [3.63, 3.8) is 0 Å². The van der Waals surface area contributed by atoms with Crippen LogP contribution in [-0.4, -0.2) is 35.9 Å². The molecule has 2 amide bonds. The fourth-order valence-electron chi connectivity index (χ4n) is 2.82. The largest absolute Gasteiger partial charge is 0.462 e. The molecular formula is C22H23N3O4S2. The van der Waals surface area contributed by atoms with Gasteiger partial charge in [-0.1, -0.05) is 47.7 Å². The monoisotopic (exact) mass is 457 g/mol. The maximum absolute atomic E-state index is 13.1. The second-order valence-corrected chi connectivity index (χ2v) is 8.51. The molecule has 3 aromatic rings. The second kappa shape index (κ2) is 10.8. The van der Waals surface area contributed by atoms with E-state index in [1.807, 2.05) is 35.7 Å². The summed E-state index contributed by atoms with van der Waals surface area (Å²) in [6.07, 6.45) is 0.108. The van der Waals surface area contributed by atoms with Gasteiger partial charge < -0.3 is 10.1 Å². The predicted octanol–water partition coefficient (Wildman–Crippen LogP) is 4.04. The van der Waals surface area contributed by atoms with Crippen LogP contribution in [0.25, 0.3) is 0 Å². The Morgan fingerprint density at radius 1 is 1.13 bits per heavy atom. The van der Waals surface area contributed by atoms with Crippen molar-refractivity contribution in [1.82, 2.24) is 10.3 Å². The minimum atomic E-state index is -0.445. The van der Waals surface area contributed by atoms with Crippen molar-refractivity contribution in [2.75, 3.05) is 18.1 Å². The zero-order valence-corrected chi connectivity index (χ0v) is 18.9. The van der Waals surface area contributed by atoms with Crippen molar-refractivity contribution in [2.45, 2.75) is 26.8 Å². The third-order valence-electron chi connectivity index (χ3n) is 4.33. The maximum Gasteiger partial charge on any atom is 0.350 e. The fourth-order valence-corrected chi connectivity index (χ4v) is 4.44. The minimum Gasteiger partial charge on any atom is -0.462 e. The lowest BCUT2D eigenvalue weighted by Gasteiger charge is -2.20. The molecule has 0 aliphatic rings. The van der Waals surface area contributed by atoms with Crippen LogP contribution in [0.2, 0.25) is 0 Å². The van der Waals surface area contributed by atoms with Gasteiger partial charge in [0.1, 0.15) is 4.88 Å². The van der Waals surface area contributed by atoms with Crippen LogP contribution >= 0.6 is 22.7 Å². The zero-order valence-electron chi connectivity index (χ0n) is 17.3. The van der Waals surface area contributed by atoms with Crippen LogP contribution in [-0.2, 0) is 16.1 Å². The van der Waals surface area contributed by atoms with Crippen molar-refractivity contribution < 1.29 is 19.1 Å². The molecule has 0 saturated carbocycles. The van der Waals surface area contributed by atoms with E-state index in [1.54, 1.807) is 30.9 Å². The molecule has 0 radical (unpaired) electrons. The Morgan fingerprint density at radius 3 is 2.58 bits per heavy atom. The number of aryl methyl sites for hydroxylation is 1. The second-order valence-electron chi connectivity index (χ2n) is 6.58. The van der Waals surface area contributed by atoms with Crippen LogP contribution in [0.1, 0.15) is 43.9 Å². The van der Waals surface area contributed by atoms with Crippen molar-refractivity contribution in [2.24, 2.45) is 0 Å². The molecule has 162 valence electrons. The van der Waals surface area contributed by atoms with Crippen LogP contribution in [0.4, 0.5) is 5.13 Å². The van der Waals surface area contributed by atoms with Gasteiger partial charge >= 0.3 is 5.97 Å². The summed E-state index contributed by atoms with van der Waals surface area (Å²) in [5.74, 6) is -0.842. The van der Waals surface area contributed by atoms with Crippen LogP contribution in [0, 0.1) is 6.92 Å². The lowest BCUT2D eigenvalue weighted by Crippen LogP contribution is -2.34. The quantitative estimate of drug-likeness (QED) is 0.490. The number of aromatic nitrogens is 1. The first-order valence-corrected chi connectivity index (χ1v) is 11.5. The van der Waals surface area contributed by atoms with Crippen molar-refractivity contribution in [3.8, 4) is 0 Å². The Morgan fingerprint density at radius 2 is 1.90 bits per heavy atom. The van der Waals surface area contributed by atoms with Gasteiger partial charge in [0, 0.05) is 13.0 Å². The number of esters is 1. The molecule has 1 N–H and O–H groups in total. The van der Waals surface area contributed by atoms with Crippen LogP contribution < -0.4 is 10.2 Å². The normalized spacial score (nSPS) is 10.5. The highest BCUT2D eigenvalue weighted by Crippen LogP contribution is 2.28. The summed E-state index contributed by atoms with van der Waals surface area (Å²) in [5, 5.41) is 5.03. The predicted molar refractivity (Wildman–Crippen MR) is 122 cm³/mol. The third-order valence-corrected chi connectivity index (χ3v) is 6.36. The molecule has 2 heterocycles. The number of carbonyl (C=O) groups is 3. The summed E-state index contributed by atoms with van der Waals surface area (Å²) < 4.78 is 5.09. The molecule has 0 unspecified atom stereocenters. The smallest absolute Gasteiger partial charge is 0.350 e. The molecule has 0 saturated heterocycles. The average Bonchev–Trinajstić information content (AvgIpc) is 3.43. The molecule has 0 fully saturated rings. The molecule has 7 nitrogen and oxygen atoms in total. The summed E-state index contributed by atoms with van der Waals surface area (Å²) in [6, 6.07) is 13.1. The van der Waals surface area contributed by atoms with E-state index in [4.69, 9.17) is 4.74 Å². The lowest BCUT2D eigenvalue weighted by atomic mass is 10.2. The Balaban J connectivity index is 1.74. The number of nitrogens with zero attached hydrogens (tertiary/aromatic N) is 2. The molecule has 0 spiro atoms. The van der Waals surface area contributed by atoms with Gasteiger partial charge in [-0.3, -0.25) is 14.5 Å². The van der Waals surface area contributed by atoms with Crippen molar-refractivity contribution >= 4 is 45.6 Å². The number of thiazole rings is 1. The summed E-state index contributed by atoms with van der Waals surface area (Å²) in [5.41, 5.74) is 1.46. The summed E-state index contributed by atoms with van der Waals surface area (Å²) >= 11 is 2.48. The van der Waals surface area contributed by atoms with E-state index in [-0.39, 0.29) is 31.4 Å². The van der Waals surface area contributed by atoms with Gasteiger partial charge in [-0.2, -0.15) is 0 Å². The Kier molecular flexibility index (Phi) is 7.91. The number of hydrogen-bond acceptors (Lipinski definition) is 7. The summed E-state index contributed by atoms with van der Waals surface area (Å²) in [6.45, 7) is 4.25. The van der Waals surface area contributed by atoms with E-state index < -0.39 is 5.97 Å². The van der Waals surface area contributed by atoms with E-state index in [0.29, 0.717) is 27.1 Å². The molecule has 9 heteroatoms. The number of ether oxygens (including phenoxy) is 1. The van der Waals surface area contributed by atoms with E-state index in [2.05, 4.69) is 10.3 Å². The van der Waals surface area contributed by atoms with Crippen LogP contribution in [0.15, 0.2) is 47.8 Å². The Bertz CT molecular complexity index is 1030. The highest BCUT2D eigenvalue weighted by Gasteiger charge is 2.24. The average molecular weight is 458 g/mol. The van der Waals surface area contributed by atoms with Gasteiger partial charge in [-0.05, 0) is 30.9 Å². The van der Waals surface area contributed by atoms with E-state index >= 15 is 0 Å². The van der Waals surface area contributed by atoms with Gasteiger partial charge in [0.2, 0.25) is 5.91 Å². The molecule has 3 rings (SSSR count). The molecule has 1 aromatic carbocycles. The number of carbonyl (C=O) groups excluding carboxylic acids is 3. The number of benzene rings is 1. The molecule has 0 atom stereocenters. The van der Waals surface area contributed by atoms with Crippen molar-refractivity contribution in [1.29, 1.82) is 0 Å². The number of rotatable bonds is 9. The third kappa shape index (κ3) is 5.99. The Labute approximate surface area is 188 Å². The number of amides is 2. The first-order valence-electron chi connectivity index (χ1n) is 9.80. The topological polar surface area (TPSA) is 88.6 Å².